The summed E-state index contributed by atoms with van der Waals surface area (Å²) in [7, 11) is 0. The Morgan fingerprint density at radius 2 is 1.39 bits per heavy atom. The first-order valence-corrected chi connectivity index (χ1v) is 10.9. The van der Waals surface area contributed by atoms with E-state index in [-0.39, 0.29) is 6.03 Å². The number of amides is 1. The number of hydrogen-bond acceptors (Lipinski definition) is 3. The molecule has 0 atom stereocenters. The SMILES string of the molecule is O=C(Nc1ccc(Oc2ccccc2)cc1)n1c(-c2c(Cl)cccc2Cl)nc2ccccc21. The molecule has 1 heterocycles. The first-order chi connectivity index (χ1) is 16.1. The molecule has 1 aromatic heterocycles. The van der Waals surface area contributed by atoms with Gasteiger partial charge in [-0.05, 0) is 60.7 Å². The van der Waals surface area contributed by atoms with Crippen molar-refractivity contribution in [1.29, 1.82) is 0 Å². The van der Waals surface area contributed by atoms with E-state index in [1.807, 2.05) is 54.6 Å². The van der Waals surface area contributed by atoms with Crippen molar-refractivity contribution in [1.82, 2.24) is 9.55 Å². The lowest BCUT2D eigenvalue weighted by atomic mass is 10.2. The molecular formula is C26H17Cl2N3O2. The monoisotopic (exact) mass is 473 g/mol. The van der Waals surface area contributed by atoms with Crippen molar-refractivity contribution < 1.29 is 9.53 Å². The van der Waals surface area contributed by atoms with Crippen LogP contribution in [0.4, 0.5) is 10.5 Å². The molecular weight excluding hydrogens is 457 g/mol. The summed E-state index contributed by atoms with van der Waals surface area (Å²) in [5, 5.41) is 3.74. The van der Waals surface area contributed by atoms with E-state index >= 15 is 0 Å². The average molecular weight is 474 g/mol. The Bertz CT molecular complexity index is 1430. The van der Waals surface area contributed by atoms with Crippen LogP contribution in [0.2, 0.25) is 10.0 Å². The molecule has 5 rings (SSSR count). The van der Waals surface area contributed by atoms with Crippen LogP contribution in [0.3, 0.4) is 0 Å². The topological polar surface area (TPSA) is 56.1 Å². The van der Waals surface area contributed by atoms with E-state index in [9.17, 15) is 4.79 Å². The van der Waals surface area contributed by atoms with E-state index in [1.54, 1.807) is 42.5 Å². The van der Waals surface area contributed by atoms with Gasteiger partial charge >= 0.3 is 6.03 Å². The van der Waals surface area contributed by atoms with Crippen LogP contribution in [-0.2, 0) is 0 Å². The average Bonchev–Trinajstić information content (AvgIpc) is 3.20. The third-order valence-corrected chi connectivity index (χ3v) is 5.66. The van der Waals surface area contributed by atoms with Gasteiger partial charge in [-0.2, -0.15) is 0 Å². The van der Waals surface area contributed by atoms with Crippen molar-refractivity contribution >= 4 is 46.0 Å². The highest BCUT2D eigenvalue weighted by Crippen LogP contribution is 2.36. The number of aromatic nitrogens is 2. The standard InChI is InChI=1S/C26H17Cl2N3O2/c27-20-9-6-10-21(28)24(20)25-30-22-11-4-5-12-23(22)31(25)26(32)29-17-13-15-19(16-14-17)33-18-7-2-1-3-8-18/h1-16H,(H,29,32). The Morgan fingerprint density at radius 1 is 0.758 bits per heavy atom. The summed E-state index contributed by atoms with van der Waals surface area (Å²) in [6, 6.07) is 28.8. The highest BCUT2D eigenvalue weighted by molar-refractivity contribution is 6.39. The van der Waals surface area contributed by atoms with Crippen LogP contribution < -0.4 is 10.1 Å². The van der Waals surface area contributed by atoms with Crippen LogP contribution >= 0.6 is 23.2 Å². The third-order valence-electron chi connectivity index (χ3n) is 5.03. The van der Waals surface area contributed by atoms with Gasteiger partial charge in [0.2, 0.25) is 0 Å². The Hall–Kier alpha value is -3.80. The van der Waals surface area contributed by atoms with Crippen molar-refractivity contribution in [2.75, 3.05) is 5.32 Å². The Morgan fingerprint density at radius 3 is 2.12 bits per heavy atom. The van der Waals surface area contributed by atoms with Crippen LogP contribution in [0.25, 0.3) is 22.4 Å². The number of nitrogens with zero attached hydrogens (tertiary/aromatic N) is 2. The first-order valence-electron chi connectivity index (χ1n) is 10.2. The van der Waals surface area contributed by atoms with Crippen LogP contribution in [0.1, 0.15) is 0 Å². The van der Waals surface area contributed by atoms with Gasteiger partial charge in [-0.25, -0.2) is 14.3 Å². The molecule has 0 radical (unpaired) electrons. The van der Waals surface area contributed by atoms with Crippen LogP contribution in [0.15, 0.2) is 97.1 Å². The van der Waals surface area contributed by atoms with Crippen molar-refractivity contribution in [2.24, 2.45) is 0 Å². The molecule has 4 aromatic carbocycles. The lowest BCUT2D eigenvalue weighted by Gasteiger charge is -2.12. The summed E-state index contributed by atoms with van der Waals surface area (Å²) in [4.78, 5) is 18.0. The molecule has 0 fully saturated rings. The van der Waals surface area contributed by atoms with E-state index in [0.29, 0.717) is 43.9 Å². The Balaban J connectivity index is 1.48. The van der Waals surface area contributed by atoms with Gasteiger partial charge < -0.3 is 10.1 Å². The maximum absolute atomic E-state index is 13.4. The number of anilines is 1. The van der Waals surface area contributed by atoms with E-state index in [2.05, 4.69) is 10.3 Å². The number of nitrogens with one attached hydrogen (secondary N) is 1. The number of carbonyl (C=O) groups is 1. The van der Waals surface area contributed by atoms with Gasteiger partial charge in [0, 0.05) is 5.69 Å². The molecule has 0 saturated carbocycles. The van der Waals surface area contributed by atoms with Crippen molar-refractivity contribution in [2.45, 2.75) is 0 Å². The van der Waals surface area contributed by atoms with Crippen LogP contribution in [0.5, 0.6) is 11.5 Å². The van der Waals surface area contributed by atoms with Gasteiger partial charge in [0.15, 0.2) is 5.82 Å². The predicted octanol–water partition coefficient (Wildman–Crippen LogP) is 7.88. The number of benzene rings is 4. The highest BCUT2D eigenvalue weighted by Gasteiger charge is 2.22. The molecule has 0 unspecified atom stereocenters. The third kappa shape index (κ3) is 4.29. The molecule has 0 saturated heterocycles. The predicted molar refractivity (Wildman–Crippen MR) is 133 cm³/mol. The normalized spacial score (nSPS) is 10.8. The quantitative estimate of drug-likeness (QED) is 0.288. The number of imidazole rings is 1. The summed E-state index contributed by atoms with van der Waals surface area (Å²) in [5.41, 5.74) is 2.41. The number of rotatable bonds is 4. The van der Waals surface area contributed by atoms with Gasteiger partial charge in [0.1, 0.15) is 11.5 Å². The van der Waals surface area contributed by atoms with E-state index in [0.717, 1.165) is 5.75 Å². The minimum absolute atomic E-state index is 0.369. The molecule has 5 aromatic rings. The van der Waals surface area contributed by atoms with Gasteiger partial charge in [0.05, 0.1) is 26.6 Å². The Labute approximate surface area is 200 Å². The summed E-state index contributed by atoms with van der Waals surface area (Å²) in [6.45, 7) is 0. The molecule has 0 bridgehead atoms. The van der Waals surface area contributed by atoms with Crippen molar-refractivity contribution in [3.63, 3.8) is 0 Å². The minimum atomic E-state index is -0.383. The van der Waals surface area contributed by atoms with Crippen molar-refractivity contribution in [3.8, 4) is 22.9 Å². The molecule has 0 spiro atoms. The summed E-state index contributed by atoms with van der Waals surface area (Å²) in [6.07, 6.45) is 0. The summed E-state index contributed by atoms with van der Waals surface area (Å²) >= 11 is 12.9. The lowest BCUT2D eigenvalue weighted by molar-refractivity contribution is 0.254. The molecule has 1 amide bonds. The number of ether oxygens (including phenoxy) is 1. The van der Waals surface area contributed by atoms with Crippen LogP contribution in [0, 0.1) is 0 Å². The van der Waals surface area contributed by atoms with E-state index < -0.39 is 0 Å². The van der Waals surface area contributed by atoms with Gasteiger partial charge in [-0.15, -0.1) is 0 Å². The van der Waals surface area contributed by atoms with Gasteiger partial charge in [-0.3, -0.25) is 0 Å². The fourth-order valence-corrected chi connectivity index (χ4v) is 4.09. The first kappa shape index (κ1) is 21.1. The van der Waals surface area contributed by atoms with Crippen LogP contribution in [-0.4, -0.2) is 15.6 Å². The Kier molecular flexibility index (Phi) is 5.73. The smallest absolute Gasteiger partial charge is 0.332 e. The maximum atomic E-state index is 13.4. The van der Waals surface area contributed by atoms with Gasteiger partial charge in [-0.1, -0.05) is 59.6 Å². The molecule has 0 aliphatic carbocycles. The molecule has 33 heavy (non-hydrogen) atoms. The summed E-state index contributed by atoms with van der Waals surface area (Å²) < 4.78 is 7.30. The number of para-hydroxylation sites is 3. The van der Waals surface area contributed by atoms with Gasteiger partial charge in [0.25, 0.3) is 0 Å². The second kappa shape index (κ2) is 8.98. The molecule has 0 aliphatic rings. The summed E-state index contributed by atoms with van der Waals surface area (Å²) in [5.74, 6) is 1.77. The fraction of sp³-hybridized carbons (Fsp3) is 0. The zero-order valence-corrected chi connectivity index (χ0v) is 18.7. The highest BCUT2D eigenvalue weighted by atomic mass is 35.5. The zero-order valence-electron chi connectivity index (χ0n) is 17.2. The molecule has 162 valence electrons. The fourth-order valence-electron chi connectivity index (χ4n) is 3.52. The molecule has 5 nitrogen and oxygen atoms in total. The number of fused-ring (bicyclic) bond motifs is 1. The number of hydrogen-bond donors (Lipinski definition) is 1. The maximum Gasteiger partial charge on any atom is 0.332 e. The second-order valence-electron chi connectivity index (χ2n) is 7.23. The number of carbonyl (C=O) groups excluding carboxylic acids is 1. The van der Waals surface area contributed by atoms with E-state index in [4.69, 9.17) is 27.9 Å². The van der Waals surface area contributed by atoms with Crippen molar-refractivity contribution in [3.05, 3.63) is 107 Å². The van der Waals surface area contributed by atoms with E-state index in [1.165, 1.54) is 4.57 Å². The lowest BCUT2D eigenvalue weighted by Crippen LogP contribution is -2.20. The number of halogens is 2. The molecule has 7 heteroatoms. The zero-order chi connectivity index (χ0) is 22.8. The largest absolute Gasteiger partial charge is 0.457 e. The second-order valence-corrected chi connectivity index (χ2v) is 8.04. The molecule has 0 aliphatic heterocycles. The molecule has 1 N–H and O–H groups in total. The minimum Gasteiger partial charge on any atom is -0.457 e.